The Morgan fingerprint density at radius 3 is 2.96 bits per heavy atom. The fourth-order valence-corrected chi connectivity index (χ4v) is 3.77. The Balaban J connectivity index is 1.80. The maximum absolute atomic E-state index is 11.5. The van der Waals surface area contributed by atoms with E-state index in [9.17, 15) is 4.79 Å². The van der Waals surface area contributed by atoms with Crippen molar-refractivity contribution in [3.8, 4) is 0 Å². The molecule has 0 aliphatic carbocycles. The molecule has 3 nitrogen and oxygen atoms in total. The van der Waals surface area contributed by atoms with Gasteiger partial charge in [0.1, 0.15) is 6.29 Å². The van der Waals surface area contributed by atoms with E-state index in [0.29, 0.717) is 0 Å². The third-order valence-electron chi connectivity index (χ3n) is 4.89. The maximum Gasteiger partial charge on any atom is 0.123 e. The molecule has 1 fully saturated rings. The molecule has 2 aromatic rings. The van der Waals surface area contributed by atoms with Gasteiger partial charge in [0, 0.05) is 35.3 Å². The van der Waals surface area contributed by atoms with E-state index in [1.807, 2.05) is 30.5 Å². The minimum atomic E-state index is 0.0704. The molecule has 0 saturated carbocycles. The second-order valence-corrected chi connectivity index (χ2v) is 7.07. The molecule has 0 radical (unpaired) electrons. The predicted octanol–water partition coefficient (Wildman–Crippen LogP) is 3.75. The maximum atomic E-state index is 11.5. The molecule has 1 aliphatic heterocycles. The normalized spacial score (nSPS) is 21.6. The standard InChI is InChI=1S/C20H23ClN2O/c1-23-11-9-17(14-24)19(13-23)20-16(5-3-10-22-20)8-7-15-4-2-6-18(21)12-15/h2-6,10,12,14,17,19H,7-9,11,13H2,1H3. The van der Waals surface area contributed by atoms with Gasteiger partial charge in [0.05, 0.1) is 0 Å². The van der Waals surface area contributed by atoms with E-state index in [1.54, 1.807) is 0 Å². The van der Waals surface area contributed by atoms with E-state index in [-0.39, 0.29) is 11.8 Å². The smallest absolute Gasteiger partial charge is 0.123 e. The summed E-state index contributed by atoms with van der Waals surface area (Å²) in [5.74, 6) is 0.262. The molecular formula is C20H23ClN2O. The first-order chi connectivity index (χ1) is 11.7. The molecule has 0 N–H and O–H groups in total. The summed E-state index contributed by atoms with van der Waals surface area (Å²) in [5, 5.41) is 0.772. The number of piperidine rings is 1. The van der Waals surface area contributed by atoms with E-state index < -0.39 is 0 Å². The van der Waals surface area contributed by atoms with Gasteiger partial charge >= 0.3 is 0 Å². The molecule has 24 heavy (non-hydrogen) atoms. The lowest BCUT2D eigenvalue weighted by atomic mass is 9.82. The van der Waals surface area contributed by atoms with E-state index in [2.05, 4.69) is 29.1 Å². The quantitative estimate of drug-likeness (QED) is 0.776. The monoisotopic (exact) mass is 342 g/mol. The van der Waals surface area contributed by atoms with Crippen molar-refractivity contribution in [2.45, 2.75) is 25.2 Å². The van der Waals surface area contributed by atoms with E-state index >= 15 is 0 Å². The second-order valence-electron chi connectivity index (χ2n) is 6.64. The molecule has 0 spiro atoms. The Labute approximate surface area is 148 Å². The summed E-state index contributed by atoms with van der Waals surface area (Å²) in [6.45, 7) is 1.87. The first kappa shape index (κ1) is 17.1. The highest BCUT2D eigenvalue weighted by molar-refractivity contribution is 6.30. The molecule has 126 valence electrons. The summed E-state index contributed by atoms with van der Waals surface area (Å²) in [7, 11) is 2.11. The first-order valence-electron chi connectivity index (χ1n) is 8.49. The second kappa shape index (κ2) is 7.91. The molecule has 1 saturated heterocycles. The Morgan fingerprint density at radius 2 is 2.17 bits per heavy atom. The van der Waals surface area contributed by atoms with Gasteiger partial charge in [-0.3, -0.25) is 4.98 Å². The van der Waals surface area contributed by atoms with Crippen LogP contribution in [0.2, 0.25) is 5.02 Å². The lowest BCUT2D eigenvalue weighted by Gasteiger charge is -2.34. The SMILES string of the molecule is CN1CCC(C=O)C(c2ncccc2CCc2cccc(Cl)c2)C1. The van der Waals surface area contributed by atoms with Crippen molar-refractivity contribution in [1.82, 2.24) is 9.88 Å². The third-order valence-corrected chi connectivity index (χ3v) is 5.13. The topological polar surface area (TPSA) is 33.2 Å². The van der Waals surface area contributed by atoms with Gasteiger partial charge < -0.3 is 9.69 Å². The third kappa shape index (κ3) is 4.03. The van der Waals surface area contributed by atoms with Crippen LogP contribution in [-0.4, -0.2) is 36.3 Å². The molecule has 0 amide bonds. The summed E-state index contributed by atoms with van der Waals surface area (Å²) in [6.07, 6.45) is 5.71. The number of likely N-dealkylation sites (N-methyl/N-ethyl adjacent to an activating group) is 1. The number of aldehydes is 1. The van der Waals surface area contributed by atoms with E-state index in [1.165, 1.54) is 11.1 Å². The number of likely N-dealkylation sites (tertiary alicyclic amines) is 1. The van der Waals surface area contributed by atoms with Crippen LogP contribution in [0, 0.1) is 5.92 Å². The molecule has 1 aromatic carbocycles. The number of nitrogens with zero attached hydrogens (tertiary/aromatic N) is 2. The fraction of sp³-hybridized carbons (Fsp3) is 0.400. The minimum Gasteiger partial charge on any atom is -0.306 e. The van der Waals surface area contributed by atoms with Gasteiger partial charge in [-0.1, -0.05) is 29.8 Å². The molecule has 0 bridgehead atoms. The average Bonchev–Trinajstić information content (AvgIpc) is 2.60. The van der Waals surface area contributed by atoms with Crippen molar-refractivity contribution in [1.29, 1.82) is 0 Å². The number of aromatic nitrogens is 1. The molecule has 3 rings (SSSR count). The average molecular weight is 343 g/mol. The van der Waals surface area contributed by atoms with Crippen LogP contribution in [0.25, 0.3) is 0 Å². The number of hydrogen-bond acceptors (Lipinski definition) is 3. The van der Waals surface area contributed by atoms with Crippen molar-refractivity contribution in [2.24, 2.45) is 5.92 Å². The molecule has 2 unspecified atom stereocenters. The van der Waals surface area contributed by atoms with Crippen LogP contribution < -0.4 is 0 Å². The van der Waals surface area contributed by atoms with Gasteiger partial charge in [0.2, 0.25) is 0 Å². The molecule has 1 aromatic heterocycles. The summed E-state index contributed by atoms with van der Waals surface area (Å²) in [6, 6.07) is 12.1. The Hall–Kier alpha value is -1.71. The highest BCUT2D eigenvalue weighted by atomic mass is 35.5. The molecule has 1 aliphatic rings. The van der Waals surface area contributed by atoms with Crippen molar-refractivity contribution >= 4 is 17.9 Å². The first-order valence-corrected chi connectivity index (χ1v) is 8.87. The largest absolute Gasteiger partial charge is 0.306 e. The number of halogens is 1. The highest BCUT2D eigenvalue weighted by Gasteiger charge is 2.30. The van der Waals surface area contributed by atoms with Gasteiger partial charge in [-0.2, -0.15) is 0 Å². The van der Waals surface area contributed by atoms with Crippen molar-refractivity contribution in [3.63, 3.8) is 0 Å². The van der Waals surface area contributed by atoms with Crippen molar-refractivity contribution < 1.29 is 4.79 Å². The number of carbonyl (C=O) groups is 1. The number of carbonyl (C=O) groups excluding carboxylic acids is 1. The van der Waals surface area contributed by atoms with Crippen LogP contribution in [0.4, 0.5) is 0 Å². The molecule has 4 heteroatoms. The van der Waals surface area contributed by atoms with Crippen molar-refractivity contribution in [3.05, 3.63) is 64.4 Å². The summed E-state index contributed by atoms with van der Waals surface area (Å²) < 4.78 is 0. The number of aryl methyl sites for hydroxylation is 2. The number of hydrogen-bond donors (Lipinski definition) is 0. The molecule has 2 heterocycles. The van der Waals surface area contributed by atoms with Gasteiger partial charge in [-0.05, 0) is 62.2 Å². The lowest BCUT2D eigenvalue weighted by molar-refractivity contribution is -0.112. The van der Waals surface area contributed by atoms with Crippen LogP contribution in [0.5, 0.6) is 0 Å². The molecule has 2 atom stereocenters. The zero-order valence-corrected chi connectivity index (χ0v) is 14.7. The zero-order valence-electron chi connectivity index (χ0n) is 14.0. The minimum absolute atomic E-state index is 0.0704. The summed E-state index contributed by atoms with van der Waals surface area (Å²) >= 11 is 6.08. The van der Waals surface area contributed by atoms with Gasteiger partial charge in [-0.15, -0.1) is 0 Å². The highest BCUT2D eigenvalue weighted by Crippen LogP contribution is 2.32. The Kier molecular flexibility index (Phi) is 5.64. The van der Waals surface area contributed by atoms with Crippen molar-refractivity contribution in [2.75, 3.05) is 20.1 Å². The summed E-state index contributed by atoms with van der Waals surface area (Å²) in [4.78, 5) is 18.5. The van der Waals surface area contributed by atoms with Gasteiger partial charge in [-0.25, -0.2) is 0 Å². The molecular weight excluding hydrogens is 320 g/mol. The van der Waals surface area contributed by atoms with Crippen LogP contribution in [-0.2, 0) is 17.6 Å². The van der Waals surface area contributed by atoms with E-state index in [0.717, 1.165) is 49.4 Å². The predicted molar refractivity (Wildman–Crippen MR) is 97.5 cm³/mol. The van der Waals surface area contributed by atoms with Gasteiger partial charge in [0.25, 0.3) is 0 Å². The number of rotatable bonds is 5. The van der Waals surface area contributed by atoms with Crippen LogP contribution in [0.15, 0.2) is 42.6 Å². The Morgan fingerprint density at radius 1 is 1.29 bits per heavy atom. The number of pyridine rings is 1. The van der Waals surface area contributed by atoms with Crippen LogP contribution in [0.1, 0.15) is 29.2 Å². The fourth-order valence-electron chi connectivity index (χ4n) is 3.55. The van der Waals surface area contributed by atoms with Crippen LogP contribution >= 0.6 is 11.6 Å². The lowest BCUT2D eigenvalue weighted by Crippen LogP contribution is -2.38. The summed E-state index contributed by atoms with van der Waals surface area (Å²) in [5.41, 5.74) is 3.55. The zero-order chi connectivity index (χ0) is 16.9. The Bertz CT molecular complexity index is 704. The van der Waals surface area contributed by atoms with Gasteiger partial charge in [0.15, 0.2) is 0 Å². The van der Waals surface area contributed by atoms with E-state index in [4.69, 9.17) is 11.6 Å². The number of benzene rings is 1. The van der Waals surface area contributed by atoms with Crippen LogP contribution in [0.3, 0.4) is 0 Å².